The van der Waals surface area contributed by atoms with Gasteiger partial charge in [0.05, 0.1) is 12.5 Å². The van der Waals surface area contributed by atoms with Gasteiger partial charge in [-0.15, -0.1) is 0 Å². The van der Waals surface area contributed by atoms with E-state index in [0.29, 0.717) is 0 Å². The van der Waals surface area contributed by atoms with Crippen LogP contribution < -0.4 is 0 Å². The van der Waals surface area contributed by atoms with Gasteiger partial charge in [0.2, 0.25) is 0 Å². The summed E-state index contributed by atoms with van der Waals surface area (Å²) in [6.45, 7) is 3.78. The van der Waals surface area contributed by atoms with Crippen LogP contribution in [0.1, 0.15) is 5.56 Å². The summed E-state index contributed by atoms with van der Waals surface area (Å²) in [6.07, 6.45) is 9.12. The molecule has 0 aliphatic rings. The van der Waals surface area contributed by atoms with Gasteiger partial charge >= 0.3 is 0 Å². The summed E-state index contributed by atoms with van der Waals surface area (Å²) >= 11 is 0. The molecule has 0 unspecified atom stereocenters. The predicted molar refractivity (Wildman–Crippen MR) is 89.3 cm³/mol. The lowest BCUT2D eigenvalue weighted by Gasteiger charge is -2.03. The van der Waals surface area contributed by atoms with Crippen molar-refractivity contribution in [3.05, 3.63) is 73.5 Å². The summed E-state index contributed by atoms with van der Waals surface area (Å²) in [5.74, 6) is 0. The summed E-state index contributed by atoms with van der Waals surface area (Å²) in [4.78, 5) is 7.73. The van der Waals surface area contributed by atoms with Gasteiger partial charge in [0.15, 0.2) is 0 Å². The van der Waals surface area contributed by atoms with Gasteiger partial charge in [-0.1, -0.05) is 36.9 Å². The van der Waals surface area contributed by atoms with Gasteiger partial charge in [-0.3, -0.25) is 0 Å². The van der Waals surface area contributed by atoms with Gasteiger partial charge in [-0.05, 0) is 23.3 Å². The molecule has 0 fully saturated rings. The van der Waals surface area contributed by atoms with Gasteiger partial charge in [-0.25, -0.2) is 4.98 Å². The Balaban J connectivity index is 1.85. The first-order valence-electron chi connectivity index (χ1n) is 7.08. The van der Waals surface area contributed by atoms with Crippen LogP contribution in [0, 0.1) is 0 Å². The Morgan fingerprint density at radius 1 is 1.05 bits per heavy atom. The zero-order valence-corrected chi connectivity index (χ0v) is 11.9. The third kappa shape index (κ3) is 2.04. The molecular formula is C19H14N2O. The number of benzene rings is 1. The number of rotatable bonds is 3. The monoisotopic (exact) mass is 286 g/mol. The van der Waals surface area contributed by atoms with Crippen molar-refractivity contribution in [2.24, 2.45) is 0 Å². The van der Waals surface area contributed by atoms with Crippen LogP contribution in [0.25, 0.3) is 39.4 Å². The van der Waals surface area contributed by atoms with Crippen LogP contribution in [-0.4, -0.2) is 9.97 Å². The lowest BCUT2D eigenvalue weighted by Crippen LogP contribution is -1.83. The molecule has 0 saturated heterocycles. The molecule has 0 aliphatic carbocycles. The summed E-state index contributed by atoms with van der Waals surface area (Å²) in [6, 6.07) is 12.4. The van der Waals surface area contributed by atoms with E-state index in [4.69, 9.17) is 4.42 Å². The average Bonchev–Trinajstić information content (AvgIpc) is 3.23. The Kier molecular flexibility index (Phi) is 2.90. The maximum Gasteiger partial charge on any atom is 0.137 e. The molecule has 3 aromatic heterocycles. The maximum absolute atomic E-state index is 5.18. The number of fused-ring (bicyclic) bond motifs is 1. The van der Waals surface area contributed by atoms with Crippen molar-refractivity contribution >= 4 is 17.1 Å². The van der Waals surface area contributed by atoms with Crippen molar-refractivity contribution in [3.63, 3.8) is 0 Å². The number of nitrogens with one attached hydrogen (secondary N) is 1. The largest absolute Gasteiger partial charge is 0.472 e. The summed E-state index contributed by atoms with van der Waals surface area (Å²) in [5.41, 5.74) is 6.36. The van der Waals surface area contributed by atoms with E-state index < -0.39 is 0 Å². The first-order chi connectivity index (χ1) is 10.8. The van der Waals surface area contributed by atoms with Crippen molar-refractivity contribution in [1.29, 1.82) is 0 Å². The third-order valence-electron chi connectivity index (χ3n) is 3.84. The number of nitrogens with zero attached hydrogens (tertiary/aromatic N) is 1. The summed E-state index contributed by atoms with van der Waals surface area (Å²) in [5, 5.41) is 1.09. The van der Waals surface area contributed by atoms with Crippen LogP contribution in [0.5, 0.6) is 0 Å². The minimum Gasteiger partial charge on any atom is -0.472 e. The van der Waals surface area contributed by atoms with Crippen molar-refractivity contribution in [2.45, 2.75) is 0 Å². The first kappa shape index (κ1) is 12.7. The van der Waals surface area contributed by atoms with E-state index in [1.54, 1.807) is 12.5 Å². The van der Waals surface area contributed by atoms with Crippen molar-refractivity contribution in [2.75, 3.05) is 0 Å². The number of H-pyrrole nitrogens is 1. The zero-order chi connectivity index (χ0) is 14.9. The van der Waals surface area contributed by atoms with E-state index in [9.17, 15) is 0 Å². The van der Waals surface area contributed by atoms with Gasteiger partial charge < -0.3 is 9.40 Å². The fourth-order valence-corrected chi connectivity index (χ4v) is 2.63. The van der Waals surface area contributed by atoms with Crippen LogP contribution in [0.3, 0.4) is 0 Å². The predicted octanol–water partition coefficient (Wildman–Crippen LogP) is 5.13. The molecule has 1 aromatic carbocycles. The normalized spacial score (nSPS) is 10.9. The van der Waals surface area contributed by atoms with Crippen LogP contribution in [0.4, 0.5) is 0 Å². The highest BCUT2D eigenvalue weighted by Crippen LogP contribution is 2.31. The minimum absolute atomic E-state index is 0.877. The lowest BCUT2D eigenvalue weighted by molar-refractivity contribution is 0.568. The van der Waals surface area contributed by atoms with Crippen LogP contribution in [0.15, 0.2) is 72.3 Å². The molecule has 3 heteroatoms. The van der Waals surface area contributed by atoms with E-state index >= 15 is 0 Å². The second kappa shape index (κ2) is 5.04. The molecule has 4 rings (SSSR count). The van der Waals surface area contributed by atoms with E-state index in [1.165, 1.54) is 0 Å². The average molecular weight is 286 g/mol. The molecule has 1 N–H and O–H groups in total. The molecule has 0 aliphatic heterocycles. The Morgan fingerprint density at radius 3 is 2.64 bits per heavy atom. The maximum atomic E-state index is 5.18. The highest BCUT2D eigenvalue weighted by atomic mass is 16.3. The van der Waals surface area contributed by atoms with Crippen LogP contribution in [0.2, 0.25) is 0 Å². The molecule has 3 heterocycles. The highest BCUT2D eigenvalue weighted by Gasteiger charge is 2.09. The Labute approximate surface area is 127 Å². The fraction of sp³-hybridized carbons (Fsp3) is 0. The lowest BCUT2D eigenvalue weighted by atomic mass is 10.0. The molecule has 0 spiro atoms. The molecule has 0 radical (unpaired) electrons. The van der Waals surface area contributed by atoms with E-state index in [2.05, 4.69) is 46.9 Å². The first-order valence-corrected chi connectivity index (χ1v) is 7.08. The molecule has 3 nitrogen and oxygen atoms in total. The summed E-state index contributed by atoms with van der Waals surface area (Å²) in [7, 11) is 0. The molecule has 22 heavy (non-hydrogen) atoms. The minimum atomic E-state index is 0.877. The number of hydrogen-bond acceptors (Lipinski definition) is 2. The summed E-state index contributed by atoms with van der Waals surface area (Å²) < 4.78 is 5.18. The van der Waals surface area contributed by atoms with Crippen molar-refractivity contribution in [3.8, 4) is 22.3 Å². The van der Waals surface area contributed by atoms with Crippen LogP contribution >= 0.6 is 0 Å². The van der Waals surface area contributed by atoms with E-state index in [1.807, 2.05) is 24.5 Å². The molecule has 0 bridgehead atoms. The van der Waals surface area contributed by atoms with Gasteiger partial charge in [0.1, 0.15) is 5.65 Å². The van der Waals surface area contributed by atoms with Crippen molar-refractivity contribution < 1.29 is 4.42 Å². The Morgan fingerprint density at radius 2 is 1.91 bits per heavy atom. The van der Waals surface area contributed by atoms with Gasteiger partial charge in [0.25, 0.3) is 0 Å². The number of furan rings is 1. The smallest absolute Gasteiger partial charge is 0.137 e. The highest BCUT2D eigenvalue weighted by molar-refractivity contribution is 5.95. The van der Waals surface area contributed by atoms with Gasteiger partial charge in [0, 0.05) is 34.5 Å². The number of aromatic amines is 1. The topological polar surface area (TPSA) is 41.8 Å². The second-order valence-corrected chi connectivity index (χ2v) is 5.16. The van der Waals surface area contributed by atoms with Gasteiger partial charge in [-0.2, -0.15) is 0 Å². The number of hydrogen-bond donors (Lipinski definition) is 1. The van der Waals surface area contributed by atoms with E-state index in [-0.39, 0.29) is 0 Å². The Bertz CT molecular complexity index is 931. The third-order valence-corrected chi connectivity index (χ3v) is 3.84. The molecular weight excluding hydrogens is 272 g/mol. The molecule has 0 saturated carbocycles. The second-order valence-electron chi connectivity index (χ2n) is 5.16. The number of aromatic nitrogens is 2. The quantitative estimate of drug-likeness (QED) is 0.567. The molecule has 0 atom stereocenters. The SMILES string of the molecule is C=Cc1ccc(-c2cnc3[nH]cc(-c4ccoc4)c3c2)cc1. The molecule has 0 amide bonds. The van der Waals surface area contributed by atoms with Crippen molar-refractivity contribution in [1.82, 2.24) is 9.97 Å². The fourth-order valence-electron chi connectivity index (χ4n) is 2.63. The zero-order valence-electron chi connectivity index (χ0n) is 11.9. The standard InChI is InChI=1S/C19H14N2O/c1-2-13-3-5-14(6-4-13)16-9-17-18(15-7-8-22-12-15)11-21-19(17)20-10-16/h2-12H,1H2,(H,20,21). The number of pyridine rings is 1. The van der Waals surface area contributed by atoms with Crippen LogP contribution in [-0.2, 0) is 0 Å². The van der Waals surface area contributed by atoms with E-state index in [0.717, 1.165) is 38.9 Å². The molecule has 4 aromatic rings. The molecule has 106 valence electrons. The Hall–Kier alpha value is -3.07.